The van der Waals surface area contributed by atoms with Gasteiger partial charge in [0.1, 0.15) is 18.8 Å². The average molecular weight is 344 g/mol. The number of nitrogens with zero attached hydrogens (tertiary/aromatic N) is 1. The molecule has 9 nitrogen and oxygen atoms in total. The predicted octanol–water partition coefficient (Wildman–Crippen LogP) is -0.773. The lowest BCUT2D eigenvalue weighted by Crippen LogP contribution is -2.37. The van der Waals surface area contributed by atoms with Crippen LogP contribution in [-0.2, 0) is 23.8 Å². The monoisotopic (exact) mass is 344 g/mol. The smallest absolute Gasteiger partial charge is 0.330 e. The van der Waals surface area contributed by atoms with Crippen molar-refractivity contribution in [1.29, 1.82) is 0 Å². The first-order valence-electron chi connectivity index (χ1n) is 6.75. The molecule has 1 unspecified atom stereocenters. The summed E-state index contributed by atoms with van der Waals surface area (Å²) in [4.78, 5) is 47.3. The van der Waals surface area contributed by atoms with E-state index in [0.717, 1.165) is 10.6 Å². The van der Waals surface area contributed by atoms with E-state index >= 15 is 0 Å². The average Bonchev–Trinajstić information content (AvgIpc) is 2.73. The highest BCUT2D eigenvalue weighted by molar-refractivity contribution is 7.81. The Morgan fingerprint density at radius 3 is 2.61 bits per heavy atom. The molecule has 0 spiro atoms. The highest BCUT2D eigenvalue weighted by Crippen LogP contribution is 2.34. The van der Waals surface area contributed by atoms with Crippen molar-refractivity contribution in [1.82, 2.24) is 9.55 Å². The summed E-state index contributed by atoms with van der Waals surface area (Å²) in [6.45, 7) is 2.31. The maximum Gasteiger partial charge on any atom is 0.330 e. The summed E-state index contributed by atoms with van der Waals surface area (Å²) in [5, 5.41) is -0.692. The summed E-state index contributed by atoms with van der Waals surface area (Å²) in [5.74, 6) is -1.07. The molecule has 23 heavy (non-hydrogen) atoms. The molecule has 1 aliphatic rings. The standard InChI is InChI=1S/C13H16N2O7S/c1-6(16)20-5-8-10(21-7(2)17)11(23)12(22-8)15-4-3-9(18)14-13(15)19/h3-4,8,10-12,23H,5H2,1-2H3,(H,14,18,19)/t8-,10?,11+,12-/m1/s1. The molecule has 10 heteroatoms. The third-order valence-corrected chi connectivity index (χ3v) is 3.74. The van der Waals surface area contributed by atoms with Crippen molar-refractivity contribution < 1.29 is 23.8 Å². The molecule has 1 aromatic rings. The predicted molar refractivity (Wildman–Crippen MR) is 80.2 cm³/mol. The second kappa shape index (κ2) is 7.01. The third kappa shape index (κ3) is 4.02. The number of carbonyl (C=O) groups is 2. The number of aromatic amines is 1. The zero-order valence-corrected chi connectivity index (χ0v) is 13.3. The lowest BCUT2D eigenvalue weighted by Gasteiger charge is -2.20. The van der Waals surface area contributed by atoms with Crippen LogP contribution >= 0.6 is 12.6 Å². The molecule has 4 atom stereocenters. The van der Waals surface area contributed by atoms with E-state index in [-0.39, 0.29) is 6.61 Å². The quantitative estimate of drug-likeness (QED) is 0.544. The second-order valence-corrected chi connectivity index (χ2v) is 5.55. The SMILES string of the molecule is CC(=O)OC[C@H]1O[C@@H](n2ccc(=O)[nH]c2=O)[C@@H](S)C1OC(C)=O. The van der Waals surface area contributed by atoms with Crippen LogP contribution in [0.15, 0.2) is 21.9 Å². The number of rotatable bonds is 4. The van der Waals surface area contributed by atoms with Crippen molar-refractivity contribution in [2.45, 2.75) is 37.5 Å². The van der Waals surface area contributed by atoms with Crippen LogP contribution in [0, 0.1) is 0 Å². The number of thiol groups is 1. The van der Waals surface area contributed by atoms with E-state index in [1.54, 1.807) is 0 Å². The molecule has 0 radical (unpaired) electrons. The molecule has 1 aromatic heterocycles. The summed E-state index contributed by atoms with van der Waals surface area (Å²) in [7, 11) is 0. The lowest BCUT2D eigenvalue weighted by molar-refractivity contribution is -0.155. The van der Waals surface area contributed by atoms with Gasteiger partial charge in [0.05, 0.1) is 5.25 Å². The minimum Gasteiger partial charge on any atom is -0.463 e. The number of carbonyl (C=O) groups excluding carboxylic acids is 2. The van der Waals surface area contributed by atoms with Gasteiger partial charge in [-0.2, -0.15) is 12.6 Å². The van der Waals surface area contributed by atoms with E-state index in [1.165, 1.54) is 20.0 Å². The first kappa shape index (κ1) is 17.3. The number of hydrogen-bond acceptors (Lipinski definition) is 8. The molecule has 1 fully saturated rings. The molecule has 1 saturated heterocycles. The first-order chi connectivity index (χ1) is 10.8. The number of aromatic nitrogens is 2. The van der Waals surface area contributed by atoms with Crippen LogP contribution in [0.5, 0.6) is 0 Å². The Morgan fingerprint density at radius 1 is 1.35 bits per heavy atom. The Bertz CT molecular complexity index is 713. The maximum absolute atomic E-state index is 11.9. The van der Waals surface area contributed by atoms with Gasteiger partial charge in [0.2, 0.25) is 0 Å². The molecule has 0 aromatic carbocycles. The summed E-state index contributed by atoms with van der Waals surface area (Å²) in [6.07, 6.45) is -1.24. The fourth-order valence-electron chi connectivity index (χ4n) is 2.25. The van der Waals surface area contributed by atoms with Gasteiger partial charge in [-0.1, -0.05) is 0 Å². The normalized spacial score (nSPS) is 26.7. The Balaban J connectivity index is 2.27. The highest BCUT2D eigenvalue weighted by Gasteiger charge is 2.46. The molecular formula is C13H16N2O7S. The highest BCUT2D eigenvalue weighted by atomic mass is 32.1. The molecule has 126 valence electrons. The molecule has 0 aliphatic carbocycles. The zero-order valence-electron chi connectivity index (χ0n) is 12.4. The van der Waals surface area contributed by atoms with Crippen LogP contribution < -0.4 is 11.2 Å². The Morgan fingerprint density at radius 2 is 2.04 bits per heavy atom. The molecule has 1 N–H and O–H groups in total. The summed E-state index contributed by atoms with van der Waals surface area (Å²) < 4.78 is 16.8. The number of esters is 2. The van der Waals surface area contributed by atoms with Gasteiger partial charge in [0.15, 0.2) is 6.23 Å². The van der Waals surface area contributed by atoms with Gasteiger partial charge in [-0.15, -0.1) is 0 Å². The van der Waals surface area contributed by atoms with Crippen LogP contribution in [0.1, 0.15) is 20.1 Å². The molecular weight excluding hydrogens is 328 g/mol. The van der Waals surface area contributed by atoms with Crippen LogP contribution in [-0.4, -0.2) is 45.6 Å². The van der Waals surface area contributed by atoms with Crippen molar-refractivity contribution in [2.24, 2.45) is 0 Å². The van der Waals surface area contributed by atoms with E-state index < -0.39 is 46.9 Å². The number of nitrogens with one attached hydrogen (secondary N) is 1. The van der Waals surface area contributed by atoms with Crippen molar-refractivity contribution in [2.75, 3.05) is 6.61 Å². The van der Waals surface area contributed by atoms with Gasteiger partial charge in [0.25, 0.3) is 5.56 Å². The summed E-state index contributed by atoms with van der Waals surface area (Å²) in [5.41, 5.74) is -1.23. The minimum atomic E-state index is -0.896. The summed E-state index contributed by atoms with van der Waals surface area (Å²) >= 11 is 4.35. The van der Waals surface area contributed by atoms with E-state index in [9.17, 15) is 19.2 Å². The Labute approximate surface area is 136 Å². The van der Waals surface area contributed by atoms with Gasteiger partial charge < -0.3 is 14.2 Å². The lowest BCUT2D eigenvalue weighted by atomic mass is 10.1. The van der Waals surface area contributed by atoms with E-state index in [1.807, 2.05) is 0 Å². The van der Waals surface area contributed by atoms with Crippen LogP contribution in [0.2, 0.25) is 0 Å². The van der Waals surface area contributed by atoms with E-state index in [0.29, 0.717) is 0 Å². The largest absolute Gasteiger partial charge is 0.463 e. The Hall–Kier alpha value is -2.07. The van der Waals surface area contributed by atoms with Gasteiger partial charge in [-0.3, -0.25) is 23.9 Å². The molecule has 2 rings (SSSR count). The van der Waals surface area contributed by atoms with Crippen LogP contribution in [0.4, 0.5) is 0 Å². The van der Waals surface area contributed by atoms with Crippen molar-refractivity contribution >= 4 is 24.6 Å². The molecule has 0 amide bonds. The van der Waals surface area contributed by atoms with E-state index in [4.69, 9.17) is 14.2 Å². The van der Waals surface area contributed by atoms with Crippen molar-refractivity contribution in [3.63, 3.8) is 0 Å². The van der Waals surface area contributed by atoms with Gasteiger partial charge in [-0.05, 0) is 0 Å². The number of H-pyrrole nitrogens is 1. The fourth-order valence-corrected chi connectivity index (χ4v) is 2.71. The first-order valence-corrected chi connectivity index (χ1v) is 7.27. The fraction of sp³-hybridized carbons (Fsp3) is 0.538. The summed E-state index contributed by atoms with van der Waals surface area (Å²) in [6, 6.07) is 1.16. The van der Waals surface area contributed by atoms with Crippen molar-refractivity contribution in [3.8, 4) is 0 Å². The minimum absolute atomic E-state index is 0.154. The molecule has 2 heterocycles. The zero-order chi connectivity index (χ0) is 17.1. The van der Waals surface area contributed by atoms with Gasteiger partial charge >= 0.3 is 17.6 Å². The van der Waals surface area contributed by atoms with Crippen LogP contribution in [0.25, 0.3) is 0 Å². The van der Waals surface area contributed by atoms with Crippen LogP contribution in [0.3, 0.4) is 0 Å². The topological polar surface area (TPSA) is 117 Å². The Kier molecular flexibility index (Phi) is 5.26. The number of ether oxygens (including phenoxy) is 3. The molecule has 0 bridgehead atoms. The second-order valence-electron chi connectivity index (χ2n) is 4.95. The van der Waals surface area contributed by atoms with Crippen molar-refractivity contribution in [3.05, 3.63) is 33.1 Å². The third-order valence-electron chi connectivity index (χ3n) is 3.19. The molecule has 1 aliphatic heterocycles. The number of hydrogen-bond donors (Lipinski definition) is 2. The van der Waals surface area contributed by atoms with Gasteiger partial charge in [-0.25, -0.2) is 4.79 Å². The van der Waals surface area contributed by atoms with E-state index in [2.05, 4.69) is 17.6 Å². The molecule has 0 saturated carbocycles. The van der Waals surface area contributed by atoms with Gasteiger partial charge in [0, 0.05) is 26.1 Å². The maximum atomic E-state index is 11.9.